The van der Waals surface area contributed by atoms with Crippen molar-refractivity contribution in [1.82, 2.24) is 9.97 Å². The quantitative estimate of drug-likeness (QED) is 0.908. The smallest absolute Gasteiger partial charge is 0.257 e. The predicted molar refractivity (Wildman–Crippen MR) is 80.3 cm³/mol. The number of aromatic nitrogens is 2. The van der Waals surface area contributed by atoms with Gasteiger partial charge in [0.25, 0.3) is 5.91 Å². The zero-order valence-corrected chi connectivity index (χ0v) is 12.0. The first kappa shape index (κ1) is 14.3. The molecule has 5 nitrogen and oxygen atoms in total. The Morgan fingerprint density at radius 2 is 2.15 bits per heavy atom. The summed E-state index contributed by atoms with van der Waals surface area (Å²) in [4.78, 5) is 20.3. The van der Waals surface area contributed by atoms with Crippen molar-refractivity contribution < 1.29 is 4.79 Å². The molecule has 2 heterocycles. The van der Waals surface area contributed by atoms with Crippen LogP contribution in [0.25, 0.3) is 0 Å². The summed E-state index contributed by atoms with van der Waals surface area (Å²) in [5.74, 6) is 0.318. The third-order valence-electron chi connectivity index (χ3n) is 2.60. The zero-order valence-electron chi connectivity index (χ0n) is 11.3. The Morgan fingerprint density at radius 3 is 2.80 bits per heavy atom. The number of nitrogens with one attached hydrogen (secondary N) is 2. The van der Waals surface area contributed by atoms with Gasteiger partial charge in [-0.15, -0.1) is 0 Å². The van der Waals surface area contributed by atoms with E-state index in [4.69, 9.17) is 11.6 Å². The van der Waals surface area contributed by atoms with Gasteiger partial charge < -0.3 is 10.6 Å². The molecule has 0 spiro atoms. The maximum atomic E-state index is 12.1. The van der Waals surface area contributed by atoms with Crippen LogP contribution in [0.1, 0.15) is 23.0 Å². The predicted octanol–water partition coefficient (Wildman–Crippen LogP) is 3.12. The van der Waals surface area contributed by atoms with Gasteiger partial charge in [0.2, 0.25) is 0 Å². The average molecular weight is 291 g/mol. The van der Waals surface area contributed by atoms with Gasteiger partial charge >= 0.3 is 0 Å². The van der Waals surface area contributed by atoms with E-state index in [0.29, 0.717) is 28.6 Å². The third kappa shape index (κ3) is 3.45. The first-order valence-corrected chi connectivity index (χ1v) is 6.61. The van der Waals surface area contributed by atoms with Crippen molar-refractivity contribution in [2.75, 3.05) is 17.2 Å². The highest BCUT2D eigenvalue weighted by molar-refractivity contribution is 6.33. The van der Waals surface area contributed by atoms with E-state index in [9.17, 15) is 4.79 Å². The summed E-state index contributed by atoms with van der Waals surface area (Å²) < 4.78 is 0. The Hall–Kier alpha value is -2.14. The van der Waals surface area contributed by atoms with Crippen molar-refractivity contribution in [3.05, 3.63) is 46.9 Å². The Bertz CT molecular complexity index is 630. The largest absolute Gasteiger partial charge is 0.369 e. The molecule has 2 N–H and O–H groups in total. The molecule has 0 fully saturated rings. The summed E-state index contributed by atoms with van der Waals surface area (Å²) in [6, 6.07) is 5.11. The van der Waals surface area contributed by atoms with Crippen LogP contribution in [-0.2, 0) is 0 Å². The monoisotopic (exact) mass is 290 g/mol. The highest BCUT2D eigenvalue weighted by Crippen LogP contribution is 2.20. The summed E-state index contributed by atoms with van der Waals surface area (Å²) in [6.07, 6.45) is 3.14. The van der Waals surface area contributed by atoms with E-state index in [1.54, 1.807) is 24.4 Å². The van der Waals surface area contributed by atoms with Gasteiger partial charge in [-0.2, -0.15) is 0 Å². The number of halogens is 1. The van der Waals surface area contributed by atoms with Gasteiger partial charge in [0.15, 0.2) is 0 Å². The van der Waals surface area contributed by atoms with E-state index >= 15 is 0 Å². The van der Waals surface area contributed by atoms with Gasteiger partial charge in [0, 0.05) is 30.3 Å². The number of carbonyl (C=O) groups is 1. The number of aryl methyl sites for hydroxylation is 1. The van der Waals surface area contributed by atoms with Crippen LogP contribution in [0.4, 0.5) is 11.5 Å². The first-order valence-electron chi connectivity index (χ1n) is 6.23. The van der Waals surface area contributed by atoms with E-state index in [2.05, 4.69) is 20.6 Å². The van der Waals surface area contributed by atoms with Gasteiger partial charge in [0.05, 0.1) is 10.6 Å². The van der Waals surface area contributed by atoms with Crippen molar-refractivity contribution in [3.8, 4) is 0 Å². The summed E-state index contributed by atoms with van der Waals surface area (Å²) in [5, 5.41) is 6.22. The van der Waals surface area contributed by atoms with Gasteiger partial charge in [0.1, 0.15) is 5.82 Å². The number of anilines is 2. The normalized spacial score (nSPS) is 10.2. The minimum Gasteiger partial charge on any atom is -0.369 e. The molecule has 0 atom stereocenters. The topological polar surface area (TPSA) is 66.9 Å². The summed E-state index contributed by atoms with van der Waals surface area (Å²) in [5.41, 5.74) is 1.93. The number of nitrogens with zero attached hydrogens (tertiary/aromatic N) is 2. The number of pyridine rings is 2. The molecule has 104 valence electrons. The SMILES string of the molecule is CCNc1ncc(C(=O)Nc2ccnc(C)c2)cc1Cl. The van der Waals surface area contributed by atoms with E-state index in [0.717, 1.165) is 5.69 Å². The van der Waals surface area contributed by atoms with Gasteiger partial charge in [-0.1, -0.05) is 11.6 Å². The summed E-state index contributed by atoms with van der Waals surface area (Å²) in [7, 11) is 0. The van der Waals surface area contributed by atoms with Crippen LogP contribution < -0.4 is 10.6 Å². The van der Waals surface area contributed by atoms with Crippen molar-refractivity contribution in [3.63, 3.8) is 0 Å². The molecule has 6 heteroatoms. The Balaban J connectivity index is 2.15. The van der Waals surface area contributed by atoms with Crippen LogP contribution in [0.3, 0.4) is 0 Å². The average Bonchev–Trinajstić information content (AvgIpc) is 2.41. The fourth-order valence-corrected chi connectivity index (χ4v) is 1.92. The molecule has 2 aromatic heterocycles. The molecule has 2 aromatic rings. The lowest BCUT2D eigenvalue weighted by molar-refractivity contribution is 0.102. The lowest BCUT2D eigenvalue weighted by Gasteiger charge is -2.08. The van der Waals surface area contributed by atoms with Crippen LogP contribution >= 0.6 is 11.6 Å². The molecule has 0 aliphatic rings. The first-order chi connectivity index (χ1) is 9.60. The van der Waals surface area contributed by atoms with Crippen molar-refractivity contribution in [2.45, 2.75) is 13.8 Å². The van der Waals surface area contributed by atoms with Crippen LogP contribution in [0.5, 0.6) is 0 Å². The van der Waals surface area contributed by atoms with E-state index in [-0.39, 0.29) is 5.91 Å². The molecule has 0 saturated heterocycles. The minimum atomic E-state index is -0.256. The molecule has 0 radical (unpaired) electrons. The highest BCUT2D eigenvalue weighted by Gasteiger charge is 2.10. The minimum absolute atomic E-state index is 0.256. The molecule has 2 rings (SSSR count). The Kier molecular flexibility index (Phi) is 4.53. The number of carbonyl (C=O) groups excluding carboxylic acids is 1. The molecule has 0 unspecified atom stereocenters. The maximum absolute atomic E-state index is 12.1. The molecule has 0 aliphatic carbocycles. The molecule has 1 amide bonds. The van der Waals surface area contributed by atoms with Crippen molar-refractivity contribution in [2.24, 2.45) is 0 Å². The number of hydrogen-bond donors (Lipinski definition) is 2. The van der Waals surface area contributed by atoms with Crippen LogP contribution in [0.2, 0.25) is 5.02 Å². The summed E-state index contributed by atoms with van der Waals surface area (Å²) in [6.45, 7) is 4.53. The van der Waals surface area contributed by atoms with Gasteiger partial charge in [-0.25, -0.2) is 4.98 Å². The molecular weight excluding hydrogens is 276 g/mol. The van der Waals surface area contributed by atoms with E-state index < -0.39 is 0 Å². The van der Waals surface area contributed by atoms with E-state index in [1.165, 1.54) is 6.20 Å². The molecule has 20 heavy (non-hydrogen) atoms. The van der Waals surface area contributed by atoms with Crippen molar-refractivity contribution in [1.29, 1.82) is 0 Å². The van der Waals surface area contributed by atoms with Gasteiger partial charge in [-0.05, 0) is 32.0 Å². The Morgan fingerprint density at radius 1 is 1.35 bits per heavy atom. The second kappa shape index (κ2) is 6.34. The molecule has 0 bridgehead atoms. The standard InChI is InChI=1S/C14H15ClN4O/c1-3-16-13-12(15)7-10(8-18-13)14(20)19-11-4-5-17-9(2)6-11/h4-8H,3H2,1-2H3,(H,16,18)(H,17,19,20). The third-order valence-corrected chi connectivity index (χ3v) is 2.89. The zero-order chi connectivity index (χ0) is 14.5. The summed E-state index contributed by atoms with van der Waals surface area (Å²) >= 11 is 6.07. The lowest BCUT2D eigenvalue weighted by Crippen LogP contribution is -2.13. The van der Waals surface area contributed by atoms with E-state index in [1.807, 2.05) is 13.8 Å². The number of amides is 1. The molecule has 0 saturated carbocycles. The van der Waals surface area contributed by atoms with Crippen LogP contribution in [0.15, 0.2) is 30.6 Å². The van der Waals surface area contributed by atoms with Crippen molar-refractivity contribution >= 4 is 29.0 Å². The Labute approximate surface area is 122 Å². The fourth-order valence-electron chi connectivity index (χ4n) is 1.69. The molecule has 0 aromatic carbocycles. The fraction of sp³-hybridized carbons (Fsp3) is 0.214. The van der Waals surface area contributed by atoms with Crippen LogP contribution in [-0.4, -0.2) is 22.4 Å². The number of rotatable bonds is 4. The van der Waals surface area contributed by atoms with Gasteiger partial charge in [-0.3, -0.25) is 9.78 Å². The second-order valence-corrected chi connectivity index (χ2v) is 4.63. The maximum Gasteiger partial charge on any atom is 0.257 e. The van der Waals surface area contributed by atoms with Crippen LogP contribution in [0, 0.1) is 6.92 Å². The lowest BCUT2D eigenvalue weighted by atomic mass is 10.2. The second-order valence-electron chi connectivity index (χ2n) is 4.22. The molecule has 0 aliphatic heterocycles. The highest BCUT2D eigenvalue weighted by atomic mass is 35.5. The molecular formula is C14H15ClN4O. The number of hydrogen-bond acceptors (Lipinski definition) is 4.